The van der Waals surface area contributed by atoms with Gasteiger partial charge in [0, 0.05) is 17.1 Å². The van der Waals surface area contributed by atoms with E-state index >= 15 is 0 Å². The molecule has 0 aliphatic heterocycles. The van der Waals surface area contributed by atoms with Crippen molar-refractivity contribution in [3.05, 3.63) is 33.3 Å². The standard InChI is InChI=1S/C10H9BrClF2NO/c1-15(5-9(13)14)10(16)6-2-3-7(11)8(12)4-6/h2-4,9H,5H2,1H3. The molecule has 0 N–H and O–H groups in total. The van der Waals surface area contributed by atoms with Crippen molar-refractivity contribution >= 4 is 33.4 Å². The predicted molar refractivity (Wildman–Crippen MR) is 62.1 cm³/mol. The Labute approximate surface area is 105 Å². The second-order valence-corrected chi connectivity index (χ2v) is 4.47. The van der Waals surface area contributed by atoms with Gasteiger partial charge in [0.25, 0.3) is 12.3 Å². The van der Waals surface area contributed by atoms with Gasteiger partial charge >= 0.3 is 0 Å². The zero-order valence-corrected chi connectivity index (χ0v) is 10.7. The van der Waals surface area contributed by atoms with Crippen molar-refractivity contribution < 1.29 is 13.6 Å². The first-order valence-corrected chi connectivity index (χ1v) is 5.57. The third kappa shape index (κ3) is 3.42. The van der Waals surface area contributed by atoms with Crippen LogP contribution in [0.3, 0.4) is 0 Å². The SMILES string of the molecule is CN(CC(F)F)C(=O)c1ccc(Br)c(Cl)c1. The summed E-state index contributed by atoms with van der Waals surface area (Å²) >= 11 is 8.98. The van der Waals surface area contributed by atoms with E-state index < -0.39 is 18.9 Å². The number of hydrogen-bond acceptors (Lipinski definition) is 1. The van der Waals surface area contributed by atoms with Gasteiger partial charge < -0.3 is 4.90 Å². The molecule has 0 spiro atoms. The van der Waals surface area contributed by atoms with Gasteiger partial charge in [0.05, 0.1) is 11.6 Å². The molecule has 88 valence electrons. The molecule has 2 nitrogen and oxygen atoms in total. The third-order valence-corrected chi connectivity index (χ3v) is 3.16. The predicted octanol–water partition coefficient (Wildman–Crippen LogP) is 3.44. The fourth-order valence-electron chi connectivity index (χ4n) is 1.14. The summed E-state index contributed by atoms with van der Waals surface area (Å²) in [5.41, 5.74) is 0.288. The largest absolute Gasteiger partial charge is 0.336 e. The summed E-state index contributed by atoms with van der Waals surface area (Å²) in [6.07, 6.45) is -2.54. The molecule has 0 saturated heterocycles. The average Bonchev–Trinajstić information content (AvgIpc) is 2.20. The smallest absolute Gasteiger partial charge is 0.255 e. The van der Waals surface area contributed by atoms with Gasteiger partial charge in [-0.15, -0.1) is 0 Å². The van der Waals surface area contributed by atoms with Crippen LogP contribution in [-0.4, -0.2) is 30.8 Å². The van der Waals surface area contributed by atoms with Crippen LogP contribution in [-0.2, 0) is 0 Å². The van der Waals surface area contributed by atoms with Gasteiger partial charge in [-0.3, -0.25) is 4.79 Å². The summed E-state index contributed by atoms with van der Waals surface area (Å²) in [5.74, 6) is -0.477. The van der Waals surface area contributed by atoms with Crippen LogP contribution < -0.4 is 0 Å². The topological polar surface area (TPSA) is 20.3 Å². The summed E-state index contributed by atoms with van der Waals surface area (Å²) in [4.78, 5) is 12.6. The number of amides is 1. The fraction of sp³-hybridized carbons (Fsp3) is 0.300. The number of rotatable bonds is 3. The lowest BCUT2D eigenvalue weighted by Crippen LogP contribution is -2.31. The van der Waals surface area contributed by atoms with Crippen molar-refractivity contribution in [3.8, 4) is 0 Å². The van der Waals surface area contributed by atoms with Crippen LogP contribution in [0.1, 0.15) is 10.4 Å². The van der Waals surface area contributed by atoms with Crippen molar-refractivity contribution in [2.75, 3.05) is 13.6 Å². The molecule has 0 heterocycles. The molecule has 0 atom stereocenters. The van der Waals surface area contributed by atoms with E-state index in [1.807, 2.05) is 0 Å². The fourth-order valence-corrected chi connectivity index (χ4v) is 1.57. The number of nitrogens with zero attached hydrogens (tertiary/aromatic N) is 1. The van der Waals surface area contributed by atoms with Crippen molar-refractivity contribution in [2.24, 2.45) is 0 Å². The highest BCUT2D eigenvalue weighted by atomic mass is 79.9. The minimum Gasteiger partial charge on any atom is -0.336 e. The Kier molecular flexibility index (Phi) is 4.68. The highest BCUT2D eigenvalue weighted by molar-refractivity contribution is 9.10. The number of halogens is 4. The second-order valence-electron chi connectivity index (χ2n) is 3.21. The maximum absolute atomic E-state index is 12.1. The zero-order valence-electron chi connectivity index (χ0n) is 8.38. The van der Waals surface area contributed by atoms with Crippen molar-refractivity contribution in [2.45, 2.75) is 6.43 Å². The molecule has 0 saturated carbocycles. The summed E-state index contributed by atoms with van der Waals surface area (Å²) in [6.45, 7) is -0.591. The summed E-state index contributed by atoms with van der Waals surface area (Å²) in [5, 5.41) is 0.372. The maximum atomic E-state index is 12.1. The second kappa shape index (κ2) is 5.59. The monoisotopic (exact) mass is 311 g/mol. The molecule has 0 bridgehead atoms. The van der Waals surface area contributed by atoms with E-state index in [1.165, 1.54) is 19.2 Å². The van der Waals surface area contributed by atoms with E-state index in [9.17, 15) is 13.6 Å². The Hall–Kier alpha value is -0.680. The summed E-state index contributed by atoms with van der Waals surface area (Å²) in [6, 6.07) is 4.57. The molecule has 1 rings (SSSR count). The molecule has 1 aromatic rings. The van der Waals surface area contributed by atoms with Crippen LogP contribution in [0.25, 0.3) is 0 Å². The van der Waals surface area contributed by atoms with Crippen LogP contribution in [0.5, 0.6) is 0 Å². The van der Waals surface area contributed by atoms with Crippen LogP contribution in [0.15, 0.2) is 22.7 Å². The van der Waals surface area contributed by atoms with Crippen LogP contribution in [0, 0.1) is 0 Å². The van der Waals surface area contributed by atoms with Crippen LogP contribution >= 0.6 is 27.5 Å². The molecule has 0 aromatic heterocycles. The molecule has 0 aliphatic carbocycles. The van der Waals surface area contributed by atoms with Gasteiger partial charge in [0.15, 0.2) is 0 Å². The number of benzene rings is 1. The first kappa shape index (κ1) is 13.4. The molecule has 1 amide bonds. The highest BCUT2D eigenvalue weighted by Crippen LogP contribution is 2.23. The van der Waals surface area contributed by atoms with Crippen molar-refractivity contribution in [1.29, 1.82) is 0 Å². The van der Waals surface area contributed by atoms with E-state index in [-0.39, 0.29) is 5.56 Å². The van der Waals surface area contributed by atoms with E-state index in [0.717, 1.165) is 4.90 Å². The minimum atomic E-state index is -2.54. The molecule has 16 heavy (non-hydrogen) atoms. The normalized spacial score (nSPS) is 10.6. The van der Waals surface area contributed by atoms with Gasteiger partial charge in [-0.25, -0.2) is 8.78 Å². The Morgan fingerprint density at radius 1 is 1.56 bits per heavy atom. The lowest BCUT2D eigenvalue weighted by atomic mass is 10.2. The van der Waals surface area contributed by atoms with E-state index in [4.69, 9.17) is 11.6 Å². The summed E-state index contributed by atoms with van der Waals surface area (Å²) < 4.78 is 24.8. The van der Waals surface area contributed by atoms with E-state index in [1.54, 1.807) is 6.07 Å². The zero-order chi connectivity index (χ0) is 12.3. The van der Waals surface area contributed by atoms with E-state index in [0.29, 0.717) is 9.50 Å². The molecule has 0 radical (unpaired) electrons. The van der Waals surface area contributed by atoms with Gasteiger partial charge in [-0.1, -0.05) is 11.6 Å². The number of carbonyl (C=O) groups excluding carboxylic acids is 1. The average molecular weight is 313 g/mol. The lowest BCUT2D eigenvalue weighted by molar-refractivity contribution is 0.0620. The molecular formula is C10H9BrClF2NO. The van der Waals surface area contributed by atoms with Crippen molar-refractivity contribution in [1.82, 2.24) is 4.90 Å². The first-order valence-electron chi connectivity index (χ1n) is 4.40. The van der Waals surface area contributed by atoms with Crippen LogP contribution in [0.4, 0.5) is 8.78 Å². The first-order chi connectivity index (χ1) is 7.41. The summed E-state index contributed by atoms with van der Waals surface area (Å²) in [7, 11) is 1.32. The van der Waals surface area contributed by atoms with Gasteiger partial charge in [0.1, 0.15) is 0 Å². The molecule has 1 aromatic carbocycles. The Balaban J connectivity index is 2.84. The third-order valence-electron chi connectivity index (χ3n) is 1.93. The van der Waals surface area contributed by atoms with Gasteiger partial charge in [-0.05, 0) is 34.1 Å². The molecule has 0 unspecified atom stereocenters. The molecular weight excluding hydrogens is 303 g/mol. The molecule has 0 aliphatic rings. The lowest BCUT2D eigenvalue weighted by Gasteiger charge is -2.16. The highest BCUT2D eigenvalue weighted by Gasteiger charge is 2.16. The Morgan fingerprint density at radius 3 is 2.69 bits per heavy atom. The van der Waals surface area contributed by atoms with Crippen LogP contribution in [0.2, 0.25) is 5.02 Å². The van der Waals surface area contributed by atoms with Gasteiger partial charge in [-0.2, -0.15) is 0 Å². The Bertz CT molecular complexity index is 400. The number of alkyl halides is 2. The Morgan fingerprint density at radius 2 is 2.19 bits per heavy atom. The minimum absolute atomic E-state index is 0.288. The number of hydrogen-bond donors (Lipinski definition) is 0. The van der Waals surface area contributed by atoms with Crippen molar-refractivity contribution in [3.63, 3.8) is 0 Å². The van der Waals surface area contributed by atoms with E-state index in [2.05, 4.69) is 15.9 Å². The maximum Gasteiger partial charge on any atom is 0.255 e. The molecule has 0 fully saturated rings. The quantitative estimate of drug-likeness (QED) is 0.837. The molecule has 6 heteroatoms. The van der Waals surface area contributed by atoms with Gasteiger partial charge in [0.2, 0.25) is 0 Å². The number of carbonyl (C=O) groups is 1.